The van der Waals surface area contributed by atoms with Gasteiger partial charge in [0, 0.05) is 16.4 Å². The Morgan fingerprint density at radius 1 is 1.13 bits per heavy atom. The predicted octanol–water partition coefficient (Wildman–Crippen LogP) is 5.00. The molecule has 0 radical (unpaired) electrons. The second-order valence-corrected chi connectivity index (χ2v) is 8.48. The van der Waals surface area contributed by atoms with Gasteiger partial charge in [0.2, 0.25) is 0 Å². The molecular weight excluding hydrogens is 458 g/mol. The molecule has 164 valence electrons. The van der Waals surface area contributed by atoms with E-state index in [1.54, 1.807) is 14.2 Å². The lowest BCUT2D eigenvalue weighted by Crippen LogP contribution is -2.43. The van der Waals surface area contributed by atoms with Crippen molar-refractivity contribution in [2.45, 2.75) is 43.7 Å². The molecular formula is C25H28BrNO4. The third-order valence-corrected chi connectivity index (χ3v) is 6.20. The number of carbonyl (C=O) groups is 1. The topological polar surface area (TPSA) is 56.8 Å². The molecule has 1 fully saturated rings. The van der Waals surface area contributed by atoms with Crippen molar-refractivity contribution >= 4 is 21.8 Å². The van der Waals surface area contributed by atoms with Gasteiger partial charge in [0.15, 0.2) is 17.6 Å². The molecule has 3 atom stereocenters. The van der Waals surface area contributed by atoms with Gasteiger partial charge in [-0.05, 0) is 48.2 Å². The smallest absolute Gasteiger partial charge is 0.254 e. The van der Waals surface area contributed by atoms with Crippen molar-refractivity contribution in [1.29, 1.82) is 0 Å². The Labute approximate surface area is 192 Å². The Morgan fingerprint density at radius 3 is 2.52 bits per heavy atom. The standard InChI is InChI=1S/C25H28BrNO4/c1-4-15-31-24(17-9-12-19(26)13-10-17)25(28)27-21-8-6-5-7-20(21)18-11-14-22(29-2)23(16-18)30-3/h1,9-14,16,20-21,24H,5-8,15H2,2-3H3,(H,27,28)/t20-,21+,24?/m1/s1. The summed E-state index contributed by atoms with van der Waals surface area (Å²) in [7, 11) is 3.26. The minimum Gasteiger partial charge on any atom is -0.493 e. The van der Waals surface area contributed by atoms with Crippen LogP contribution in [0, 0.1) is 12.3 Å². The number of nitrogens with one attached hydrogen (secondary N) is 1. The van der Waals surface area contributed by atoms with Gasteiger partial charge in [-0.25, -0.2) is 0 Å². The van der Waals surface area contributed by atoms with Crippen LogP contribution in [-0.2, 0) is 9.53 Å². The summed E-state index contributed by atoms with van der Waals surface area (Å²) in [5, 5.41) is 3.24. The van der Waals surface area contributed by atoms with Crippen LogP contribution < -0.4 is 14.8 Å². The van der Waals surface area contributed by atoms with E-state index in [2.05, 4.69) is 33.2 Å². The van der Waals surface area contributed by atoms with Gasteiger partial charge in [-0.2, -0.15) is 0 Å². The second kappa shape index (κ2) is 11.2. The molecule has 0 spiro atoms. The maximum absolute atomic E-state index is 13.2. The van der Waals surface area contributed by atoms with Crippen molar-refractivity contribution < 1.29 is 19.0 Å². The van der Waals surface area contributed by atoms with E-state index < -0.39 is 6.10 Å². The van der Waals surface area contributed by atoms with E-state index in [-0.39, 0.29) is 24.5 Å². The fraction of sp³-hybridized carbons (Fsp3) is 0.400. The molecule has 1 unspecified atom stereocenters. The summed E-state index contributed by atoms with van der Waals surface area (Å²) in [5.41, 5.74) is 1.90. The molecule has 1 amide bonds. The molecule has 0 heterocycles. The SMILES string of the molecule is C#CCOC(C(=O)N[C@H]1CCCC[C@@H]1c1ccc(OC)c(OC)c1)c1ccc(Br)cc1. The Balaban J connectivity index is 1.81. The summed E-state index contributed by atoms with van der Waals surface area (Å²) in [6.07, 6.45) is 8.72. The summed E-state index contributed by atoms with van der Waals surface area (Å²) < 4.78 is 17.5. The molecule has 1 aliphatic carbocycles. The molecule has 0 bridgehead atoms. The van der Waals surface area contributed by atoms with Crippen LogP contribution in [0.5, 0.6) is 11.5 Å². The summed E-state index contributed by atoms with van der Waals surface area (Å²) in [5.74, 6) is 3.87. The Morgan fingerprint density at radius 2 is 1.84 bits per heavy atom. The van der Waals surface area contributed by atoms with Crippen LogP contribution in [0.2, 0.25) is 0 Å². The highest BCUT2D eigenvalue weighted by Gasteiger charge is 2.31. The first-order valence-corrected chi connectivity index (χ1v) is 11.2. The van der Waals surface area contributed by atoms with Gasteiger partial charge < -0.3 is 19.5 Å². The molecule has 31 heavy (non-hydrogen) atoms. The number of hydrogen-bond donors (Lipinski definition) is 1. The van der Waals surface area contributed by atoms with E-state index in [9.17, 15) is 4.79 Å². The second-order valence-electron chi connectivity index (χ2n) is 7.57. The number of rotatable bonds is 8. The lowest BCUT2D eigenvalue weighted by Gasteiger charge is -2.34. The van der Waals surface area contributed by atoms with Crippen LogP contribution in [0.4, 0.5) is 0 Å². The van der Waals surface area contributed by atoms with Crippen molar-refractivity contribution in [2.24, 2.45) is 0 Å². The van der Waals surface area contributed by atoms with Crippen LogP contribution in [0.25, 0.3) is 0 Å². The third-order valence-electron chi connectivity index (χ3n) is 5.67. The Kier molecular flexibility index (Phi) is 8.39. The molecule has 6 heteroatoms. The minimum atomic E-state index is -0.753. The predicted molar refractivity (Wildman–Crippen MR) is 124 cm³/mol. The van der Waals surface area contributed by atoms with Crippen LogP contribution in [0.1, 0.15) is 48.8 Å². The first-order valence-electron chi connectivity index (χ1n) is 10.4. The van der Waals surface area contributed by atoms with Crippen LogP contribution >= 0.6 is 15.9 Å². The van der Waals surface area contributed by atoms with Crippen LogP contribution in [0.15, 0.2) is 46.9 Å². The zero-order chi connectivity index (χ0) is 22.2. The zero-order valence-corrected chi connectivity index (χ0v) is 19.5. The van der Waals surface area contributed by atoms with Crippen molar-refractivity contribution in [1.82, 2.24) is 5.32 Å². The summed E-state index contributed by atoms with van der Waals surface area (Å²) in [4.78, 5) is 13.2. The fourth-order valence-electron chi connectivity index (χ4n) is 4.14. The van der Waals surface area contributed by atoms with Gasteiger partial charge in [-0.15, -0.1) is 6.42 Å². The van der Waals surface area contributed by atoms with Crippen molar-refractivity contribution in [3.8, 4) is 23.8 Å². The van der Waals surface area contributed by atoms with Crippen LogP contribution in [0.3, 0.4) is 0 Å². The monoisotopic (exact) mass is 485 g/mol. The molecule has 1 aliphatic rings. The molecule has 0 aliphatic heterocycles. The molecule has 2 aromatic rings. The molecule has 5 nitrogen and oxygen atoms in total. The molecule has 3 rings (SSSR count). The lowest BCUT2D eigenvalue weighted by molar-refractivity contribution is -0.133. The van der Waals surface area contributed by atoms with E-state index in [1.165, 1.54) is 0 Å². The first-order chi connectivity index (χ1) is 15.1. The number of benzene rings is 2. The number of halogens is 1. The van der Waals surface area contributed by atoms with E-state index in [1.807, 2.05) is 36.4 Å². The molecule has 1 saturated carbocycles. The van der Waals surface area contributed by atoms with Crippen molar-refractivity contribution in [3.05, 3.63) is 58.1 Å². The summed E-state index contributed by atoms with van der Waals surface area (Å²) in [6.45, 7) is 0.0674. The maximum Gasteiger partial charge on any atom is 0.254 e. The molecule has 1 N–H and O–H groups in total. The van der Waals surface area contributed by atoms with Gasteiger partial charge >= 0.3 is 0 Å². The van der Waals surface area contributed by atoms with E-state index >= 15 is 0 Å². The summed E-state index contributed by atoms with van der Waals surface area (Å²) in [6, 6.07) is 13.5. The van der Waals surface area contributed by atoms with E-state index in [0.29, 0.717) is 11.5 Å². The van der Waals surface area contributed by atoms with Crippen molar-refractivity contribution in [2.75, 3.05) is 20.8 Å². The highest BCUT2D eigenvalue weighted by molar-refractivity contribution is 9.10. The molecule has 0 saturated heterocycles. The van der Waals surface area contributed by atoms with Gasteiger partial charge in [-0.3, -0.25) is 4.79 Å². The van der Waals surface area contributed by atoms with Gasteiger partial charge in [-0.1, -0.05) is 52.9 Å². The fourth-order valence-corrected chi connectivity index (χ4v) is 4.40. The van der Waals surface area contributed by atoms with E-state index in [4.69, 9.17) is 20.6 Å². The van der Waals surface area contributed by atoms with Gasteiger partial charge in [0.05, 0.1) is 14.2 Å². The number of terminal acetylenes is 1. The van der Waals surface area contributed by atoms with Gasteiger partial charge in [0.1, 0.15) is 6.61 Å². The third kappa shape index (κ3) is 5.81. The number of amides is 1. The van der Waals surface area contributed by atoms with Crippen LogP contribution in [-0.4, -0.2) is 32.8 Å². The minimum absolute atomic E-state index is 0.00624. The molecule has 2 aromatic carbocycles. The average Bonchev–Trinajstić information content (AvgIpc) is 2.80. The van der Waals surface area contributed by atoms with Gasteiger partial charge in [0.25, 0.3) is 5.91 Å². The Hall–Kier alpha value is -2.49. The number of carbonyl (C=O) groups excluding carboxylic acids is 1. The average molecular weight is 486 g/mol. The zero-order valence-electron chi connectivity index (χ0n) is 17.9. The number of hydrogen-bond acceptors (Lipinski definition) is 4. The lowest BCUT2D eigenvalue weighted by atomic mass is 9.79. The number of ether oxygens (including phenoxy) is 3. The quantitative estimate of drug-likeness (QED) is 0.534. The van der Waals surface area contributed by atoms with Crippen molar-refractivity contribution in [3.63, 3.8) is 0 Å². The van der Waals surface area contributed by atoms with E-state index in [0.717, 1.165) is 41.3 Å². The highest BCUT2D eigenvalue weighted by Crippen LogP contribution is 2.38. The summed E-state index contributed by atoms with van der Waals surface area (Å²) >= 11 is 3.43. The molecule has 0 aromatic heterocycles. The number of methoxy groups -OCH3 is 2. The normalized spacial score (nSPS) is 19.2. The largest absolute Gasteiger partial charge is 0.493 e. The maximum atomic E-state index is 13.2. The Bertz CT molecular complexity index is 922. The highest BCUT2D eigenvalue weighted by atomic mass is 79.9. The first kappa shape index (κ1) is 23.2.